The lowest BCUT2D eigenvalue weighted by Crippen LogP contribution is -2.31. The van der Waals surface area contributed by atoms with Crippen LogP contribution >= 0.6 is 11.6 Å². The Balaban J connectivity index is 1.85. The molecule has 6 heteroatoms. The Morgan fingerprint density at radius 3 is 2.66 bits per heavy atom. The van der Waals surface area contributed by atoms with E-state index >= 15 is 0 Å². The van der Waals surface area contributed by atoms with E-state index in [4.69, 9.17) is 16.3 Å². The summed E-state index contributed by atoms with van der Waals surface area (Å²) in [5.41, 5.74) is 2.27. The average Bonchev–Trinajstić information content (AvgIpc) is 2.74. The van der Waals surface area contributed by atoms with Crippen LogP contribution in [0.15, 0.2) is 67.0 Å². The van der Waals surface area contributed by atoms with Crippen LogP contribution < -0.4 is 10.1 Å². The molecule has 0 bridgehead atoms. The van der Waals surface area contributed by atoms with Gasteiger partial charge in [-0.05, 0) is 29.7 Å². The number of ether oxygens (including phenoxy) is 1. The molecule has 150 valence electrons. The van der Waals surface area contributed by atoms with Crippen LogP contribution in [0.5, 0.6) is 5.75 Å². The number of benzene rings is 2. The molecule has 5 nitrogen and oxygen atoms in total. The van der Waals surface area contributed by atoms with Gasteiger partial charge in [-0.15, -0.1) is 0 Å². The monoisotopic (exact) mass is 409 g/mol. The Bertz CT molecular complexity index is 934. The molecule has 29 heavy (non-hydrogen) atoms. The second-order valence-corrected chi connectivity index (χ2v) is 7.03. The second-order valence-electron chi connectivity index (χ2n) is 6.67. The number of carbonyl (C=O) groups is 1. The van der Waals surface area contributed by atoms with Gasteiger partial charge in [0.1, 0.15) is 11.4 Å². The van der Waals surface area contributed by atoms with Gasteiger partial charge in [-0.1, -0.05) is 67.4 Å². The molecule has 0 radical (unpaired) electrons. The second kappa shape index (κ2) is 10.6. The molecule has 1 unspecified atom stereocenters. The first-order valence-corrected chi connectivity index (χ1v) is 10.1. The first-order chi connectivity index (χ1) is 14.2. The largest absolute Gasteiger partial charge is 0.494 e. The topological polar surface area (TPSA) is 64.1 Å². The molecule has 3 aromatic rings. The summed E-state index contributed by atoms with van der Waals surface area (Å²) in [4.78, 5) is 21.2. The highest BCUT2D eigenvalue weighted by atomic mass is 35.5. The molecule has 0 aliphatic heterocycles. The minimum absolute atomic E-state index is 0.125. The third-order valence-electron chi connectivity index (χ3n) is 4.42. The molecule has 0 fully saturated rings. The smallest absolute Gasteiger partial charge is 0.225 e. The molecule has 0 aliphatic carbocycles. The van der Waals surface area contributed by atoms with Gasteiger partial charge in [0.15, 0.2) is 5.15 Å². The van der Waals surface area contributed by atoms with Crippen molar-refractivity contribution in [2.45, 2.75) is 32.2 Å². The van der Waals surface area contributed by atoms with Crippen LogP contribution in [0.4, 0.5) is 0 Å². The van der Waals surface area contributed by atoms with E-state index in [0.29, 0.717) is 12.3 Å². The van der Waals surface area contributed by atoms with Gasteiger partial charge in [0.2, 0.25) is 5.91 Å². The first-order valence-electron chi connectivity index (χ1n) is 9.70. The minimum atomic E-state index is -0.526. The normalized spacial score (nSPS) is 11.7. The highest BCUT2D eigenvalue weighted by molar-refractivity contribution is 6.30. The number of nitrogens with zero attached hydrogens (tertiary/aromatic N) is 2. The maximum atomic E-state index is 12.7. The third-order valence-corrected chi connectivity index (χ3v) is 4.72. The van der Waals surface area contributed by atoms with E-state index in [1.807, 2.05) is 54.6 Å². The van der Waals surface area contributed by atoms with Crippen molar-refractivity contribution in [2.75, 3.05) is 6.61 Å². The molecule has 1 amide bonds. The molecule has 0 spiro atoms. The number of rotatable bonds is 9. The summed E-state index contributed by atoms with van der Waals surface area (Å²) in [6.07, 6.45) is 5.41. The van der Waals surface area contributed by atoms with Crippen molar-refractivity contribution in [1.82, 2.24) is 15.3 Å². The molecule has 1 heterocycles. The summed E-state index contributed by atoms with van der Waals surface area (Å²) < 4.78 is 5.82. The van der Waals surface area contributed by atoms with E-state index in [9.17, 15) is 4.79 Å². The summed E-state index contributed by atoms with van der Waals surface area (Å²) in [5, 5.41) is 3.31. The van der Waals surface area contributed by atoms with Crippen LogP contribution in [0.25, 0.3) is 0 Å². The van der Waals surface area contributed by atoms with E-state index in [2.05, 4.69) is 22.2 Å². The number of nitrogens with one attached hydrogen (secondary N) is 1. The van der Waals surface area contributed by atoms with Crippen molar-refractivity contribution >= 4 is 17.5 Å². The maximum Gasteiger partial charge on any atom is 0.225 e. The van der Waals surface area contributed by atoms with Gasteiger partial charge >= 0.3 is 0 Å². The molecule has 0 saturated heterocycles. The fourth-order valence-electron chi connectivity index (χ4n) is 2.95. The first kappa shape index (κ1) is 20.8. The van der Waals surface area contributed by atoms with Crippen LogP contribution in [0.1, 0.15) is 42.6 Å². The van der Waals surface area contributed by atoms with Gasteiger partial charge in [0, 0.05) is 12.4 Å². The van der Waals surface area contributed by atoms with Crippen molar-refractivity contribution < 1.29 is 9.53 Å². The Morgan fingerprint density at radius 1 is 1.10 bits per heavy atom. The lowest BCUT2D eigenvalue weighted by atomic mass is 10.0. The summed E-state index contributed by atoms with van der Waals surface area (Å²) in [5.74, 6) is 0.624. The maximum absolute atomic E-state index is 12.7. The summed E-state index contributed by atoms with van der Waals surface area (Å²) in [6.45, 7) is 2.77. The van der Waals surface area contributed by atoms with Crippen molar-refractivity contribution in [2.24, 2.45) is 0 Å². The van der Waals surface area contributed by atoms with Crippen LogP contribution in [-0.2, 0) is 11.2 Å². The van der Waals surface area contributed by atoms with Crippen molar-refractivity contribution in [3.8, 4) is 5.75 Å². The van der Waals surface area contributed by atoms with Crippen LogP contribution in [0.2, 0.25) is 5.15 Å². The molecule has 0 aliphatic rings. The number of hydrogen-bond donors (Lipinski definition) is 1. The molecule has 1 aromatic heterocycles. The van der Waals surface area contributed by atoms with Gasteiger partial charge in [-0.3, -0.25) is 9.78 Å². The quantitative estimate of drug-likeness (QED) is 0.517. The van der Waals surface area contributed by atoms with Gasteiger partial charge in [0.25, 0.3) is 0 Å². The molecule has 0 saturated carbocycles. The third kappa shape index (κ3) is 6.03. The lowest BCUT2D eigenvalue weighted by molar-refractivity contribution is -0.121. The van der Waals surface area contributed by atoms with E-state index < -0.39 is 6.04 Å². The van der Waals surface area contributed by atoms with Crippen molar-refractivity contribution in [1.29, 1.82) is 0 Å². The summed E-state index contributed by atoms with van der Waals surface area (Å²) in [6, 6.07) is 16.7. The Labute approximate surface area is 176 Å². The SMILES string of the molecule is CCCCOc1cccc(C(NC(=O)Cc2ccccc2)c2nccnc2Cl)c1. The average molecular weight is 410 g/mol. The molecule has 2 aromatic carbocycles. The highest BCUT2D eigenvalue weighted by Crippen LogP contribution is 2.27. The van der Waals surface area contributed by atoms with E-state index in [-0.39, 0.29) is 17.5 Å². The number of halogens is 1. The van der Waals surface area contributed by atoms with Gasteiger partial charge < -0.3 is 10.1 Å². The van der Waals surface area contributed by atoms with Crippen LogP contribution in [0, 0.1) is 0 Å². The zero-order valence-corrected chi connectivity index (χ0v) is 17.1. The number of hydrogen-bond acceptors (Lipinski definition) is 4. The number of carbonyl (C=O) groups excluding carboxylic acids is 1. The molecular formula is C23H24ClN3O2. The predicted molar refractivity (Wildman–Crippen MR) is 114 cm³/mol. The van der Waals surface area contributed by atoms with E-state index in [1.165, 1.54) is 6.20 Å². The zero-order valence-electron chi connectivity index (χ0n) is 16.3. The van der Waals surface area contributed by atoms with Crippen molar-refractivity contribution in [3.63, 3.8) is 0 Å². The molecule has 1 N–H and O–H groups in total. The molecule has 3 rings (SSSR count). The van der Waals surface area contributed by atoms with E-state index in [0.717, 1.165) is 29.7 Å². The predicted octanol–water partition coefficient (Wildman–Crippen LogP) is 4.76. The fourth-order valence-corrected chi connectivity index (χ4v) is 3.16. The van der Waals surface area contributed by atoms with Gasteiger partial charge in [-0.25, -0.2) is 4.98 Å². The summed E-state index contributed by atoms with van der Waals surface area (Å²) in [7, 11) is 0. The number of unbranched alkanes of at least 4 members (excludes halogenated alkanes) is 1. The highest BCUT2D eigenvalue weighted by Gasteiger charge is 2.22. The van der Waals surface area contributed by atoms with Crippen LogP contribution in [0.3, 0.4) is 0 Å². The minimum Gasteiger partial charge on any atom is -0.494 e. The Kier molecular flexibility index (Phi) is 7.59. The Hall–Kier alpha value is -2.92. The number of aromatic nitrogens is 2. The summed E-state index contributed by atoms with van der Waals surface area (Å²) >= 11 is 6.30. The lowest BCUT2D eigenvalue weighted by Gasteiger charge is -2.20. The molecular weight excluding hydrogens is 386 g/mol. The number of amides is 1. The zero-order chi connectivity index (χ0) is 20.5. The van der Waals surface area contributed by atoms with Crippen molar-refractivity contribution in [3.05, 3.63) is 89.0 Å². The van der Waals surface area contributed by atoms with E-state index in [1.54, 1.807) is 6.20 Å². The molecule has 1 atom stereocenters. The van der Waals surface area contributed by atoms with Gasteiger partial charge in [0.05, 0.1) is 19.1 Å². The standard InChI is InChI=1S/C23H24ClN3O2/c1-2-3-14-29-19-11-7-10-18(16-19)21(22-23(24)26-13-12-25-22)27-20(28)15-17-8-5-4-6-9-17/h4-13,16,21H,2-3,14-15H2,1H3,(H,27,28). The van der Waals surface area contributed by atoms with Gasteiger partial charge in [-0.2, -0.15) is 0 Å². The van der Waals surface area contributed by atoms with Crippen LogP contribution in [-0.4, -0.2) is 22.5 Å². The fraction of sp³-hybridized carbons (Fsp3) is 0.261. The Morgan fingerprint density at radius 2 is 1.90 bits per heavy atom.